The van der Waals surface area contributed by atoms with Crippen LogP contribution in [-0.2, 0) is 13.0 Å². The first-order chi connectivity index (χ1) is 13.7. The highest BCUT2D eigenvalue weighted by Crippen LogP contribution is 2.28. The van der Waals surface area contributed by atoms with Crippen LogP contribution < -0.4 is 0 Å². The van der Waals surface area contributed by atoms with Crippen molar-refractivity contribution in [2.24, 2.45) is 0 Å². The topological polar surface area (TPSA) is 65.6 Å². The van der Waals surface area contributed by atoms with Crippen molar-refractivity contribution in [3.05, 3.63) is 11.6 Å². The Balaban J connectivity index is 1.88. The van der Waals surface area contributed by atoms with Crippen LogP contribution in [0, 0.1) is 0 Å². The van der Waals surface area contributed by atoms with E-state index in [4.69, 9.17) is 5.11 Å². The van der Waals surface area contributed by atoms with Crippen molar-refractivity contribution in [1.82, 2.24) is 4.57 Å². The minimum Gasteiger partial charge on any atom is -0.494 e. The lowest BCUT2D eigenvalue weighted by Gasteiger charge is -2.05. The third-order valence-corrected chi connectivity index (χ3v) is 5.75. The first kappa shape index (κ1) is 24.9. The smallest absolute Gasteiger partial charge is 0.197 e. The molecule has 0 atom stereocenters. The highest BCUT2D eigenvalue weighted by Gasteiger charge is 2.12. The fraction of sp³-hybridized carbons (Fsp3) is 0.833. The van der Waals surface area contributed by atoms with Crippen molar-refractivity contribution in [2.45, 2.75) is 123 Å². The second-order valence-electron chi connectivity index (χ2n) is 8.28. The highest BCUT2D eigenvalue weighted by atomic mass is 16.3. The molecule has 3 N–H and O–H groups in total. The summed E-state index contributed by atoms with van der Waals surface area (Å²) < 4.78 is 1.36. The van der Waals surface area contributed by atoms with E-state index in [1.807, 2.05) is 0 Å². The lowest BCUT2D eigenvalue weighted by Crippen LogP contribution is -2.00. The Bertz CT molecular complexity index is 484. The molecule has 0 aromatic carbocycles. The predicted molar refractivity (Wildman–Crippen MR) is 118 cm³/mol. The standard InChI is InChI=1S/C24H45NO3/c1-2-3-4-5-6-7-8-9-10-11-12-13-14-15-16-17-18-22-21-23(27)25(19-20-26)24(22)28/h21,26-28H,2-20H2,1H3. The summed E-state index contributed by atoms with van der Waals surface area (Å²) in [5.41, 5.74) is 0.788. The van der Waals surface area contributed by atoms with Crippen LogP contribution in [0.3, 0.4) is 0 Å². The molecule has 0 saturated heterocycles. The Kier molecular flexibility index (Phi) is 14.9. The molecule has 0 saturated carbocycles. The van der Waals surface area contributed by atoms with Crippen LogP contribution in [0.4, 0.5) is 0 Å². The molecule has 0 aliphatic rings. The van der Waals surface area contributed by atoms with Gasteiger partial charge >= 0.3 is 0 Å². The average molecular weight is 396 g/mol. The van der Waals surface area contributed by atoms with Crippen molar-refractivity contribution in [2.75, 3.05) is 6.61 Å². The van der Waals surface area contributed by atoms with Gasteiger partial charge in [-0.3, -0.25) is 4.57 Å². The number of aryl methyl sites for hydroxylation is 1. The monoisotopic (exact) mass is 395 g/mol. The molecule has 1 rings (SSSR count). The van der Waals surface area contributed by atoms with Crippen LogP contribution >= 0.6 is 0 Å². The largest absolute Gasteiger partial charge is 0.494 e. The summed E-state index contributed by atoms with van der Waals surface area (Å²) >= 11 is 0. The molecule has 1 heterocycles. The molecule has 4 heteroatoms. The first-order valence-electron chi connectivity index (χ1n) is 11.9. The number of aliphatic hydroxyl groups is 1. The number of nitrogens with zero attached hydrogens (tertiary/aromatic N) is 1. The summed E-state index contributed by atoms with van der Waals surface area (Å²) in [6, 6.07) is 1.62. The molecule has 164 valence electrons. The minimum absolute atomic E-state index is 0.0399. The average Bonchev–Trinajstić information content (AvgIpc) is 2.95. The van der Waals surface area contributed by atoms with Gasteiger partial charge in [0.05, 0.1) is 13.2 Å². The quantitative estimate of drug-likeness (QED) is 0.228. The number of hydrogen-bond acceptors (Lipinski definition) is 3. The summed E-state index contributed by atoms with van der Waals surface area (Å²) in [6.07, 6.45) is 22.4. The summed E-state index contributed by atoms with van der Waals surface area (Å²) in [6.45, 7) is 2.42. The molecule has 0 fully saturated rings. The van der Waals surface area contributed by atoms with Crippen LogP contribution in [0.2, 0.25) is 0 Å². The van der Waals surface area contributed by atoms with E-state index in [0.29, 0.717) is 0 Å². The van der Waals surface area contributed by atoms with Crippen molar-refractivity contribution in [1.29, 1.82) is 0 Å². The second kappa shape index (κ2) is 16.8. The van der Waals surface area contributed by atoms with Crippen LogP contribution in [0.1, 0.15) is 115 Å². The van der Waals surface area contributed by atoms with Crippen molar-refractivity contribution in [3.8, 4) is 11.8 Å². The van der Waals surface area contributed by atoms with E-state index in [-0.39, 0.29) is 24.9 Å². The van der Waals surface area contributed by atoms with E-state index in [2.05, 4.69) is 6.92 Å². The maximum Gasteiger partial charge on any atom is 0.197 e. The zero-order valence-corrected chi connectivity index (χ0v) is 18.3. The zero-order chi connectivity index (χ0) is 20.5. The van der Waals surface area contributed by atoms with Gasteiger partial charge in [-0.25, -0.2) is 0 Å². The molecule has 0 unspecified atom stereocenters. The number of aromatic hydroxyl groups is 2. The summed E-state index contributed by atoms with van der Waals surface area (Å²) in [7, 11) is 0. The molecule has 4 nitrogen and oxygen atoms in total. The molecule has 0 aliphatic heterocycles. The first-order valence-corrected chi connectivity index (χ1v) is 11.9. The van der Waals surface area contributed by atoms with Gasteiger partial charge < -0.3 is 15.3 Å². The summed E-state index contributed by atoms with van der Waals surface area (Å²) in [5, 5.41) is 28.8. The van der Waals surface area contributed by atoms with E-state index in [1.54, 1.807) is 6.07 Å². The minimum atomic E-state index is -0.0890. The van der Waals surface area contributed by atoms with E-state index in [9.17, 15) is 10.2 Å². The normalized spacial score (nSPS) is 11.4. The van der Waals surface area contributed by atoms with Gasteiger partial charge in [-0.2, -0.15) is 0 Å². The zero-order valence-electron chi connectivity index (χ0n) is 18.3. The van der Waals surface area contributed by atoms with Crippen molar-refractivity contribution in [3.63, 3.8) is 0 Å². The Labute approximate surface area is 173 Å². The summed E-state index contributed by atoms with van der Waals surface area (Å²) in [4.78, 5) is 0. The van der Waals surface area contributed by atoms with E-state index >= 15 is 0 Å². The lowest BCUT2D eigenvalue weighted by molar-refractivity contribution is 0.256. The molecule has 0 spiro atoms. The highest BCUT2D eigenvalue weighted by molar-refractivity contribution is 5.35. The van der Waals surface area contributed by atoms with Crippen molar-refractivity contribution < 1.29 is 15.3 Å². The van der Waals surface area contributed by atoms with E-state index < -0.39 is 0 Å². The molecule has 0 radical (unpaired) electrons. The fourth-order valence-corrected chi connectivity index (χ4v) is 3.95. The SMILES string of the molecule is CCCCCCCCCCCCCCCCCCc1cc(O)n(CCO)c1O. The molecular formula is C24H45NO3. The van der Waals surface area contributed by atoms with Gasteiger partial charge in [0.2, 0.25) is 0 Å². The Morgan fingerprint density at radius 3 is 1.54 bits per heavy atom. The lowest BCUT2D eigenvalue weighted by atomic mass is 10.0. The van der Waals surface area contributed by atoms with Gasteiger partial charge in [0.15, 0.2) is 11.8 Å². The Morgan fingerprint density at radius 2 is 1.11 bits per heavy atom. The number of hydrogen-bond donors (Lipinski definition) is 3. The number of unbranched alkanes of at least 4 members (excludes halogenated alkanes) is 15. The Morgan fingerprint density at radius 1 is 0.679 bits per heavy atom. The van der Waals surface area contributed by atoms with Gasteiger partial charge in [0.1, 0.15) is 0 Å². The molecule has 28 heavy (non-hydrogen) atoms. The van der Waals surface area contributed by atoms with Gasteiger partial charge in [0, 0.05) is 11.6 Å². The third kappa shape index (κ3) is 11.0. The third-order valence-electron chi connectivity index (χ3n) is 5.75. The molecular weight excluding hydrogens is 350 g/mol. The summed E-state index contributed by atoms with van der Waals surface area (Å²) in [5.74, 6) is 0.144. The number of aliphatic hydroxyl groups excluding tert-OH is 1. The van der Waals surface area contributed by atoms with Gasteiger partial charge in [0.25, 0.3) is 0 Å². The Hall–Kier alpha value is -1.16. The molecule has 0 amide bonds. The number of rotatable bonds is 19. The van der Waals surface area contributed by atoms with Crippen LogP contribution in [-0.4, -0.2) is 26.5 Å². The maximum atomic E-state index is 10.1. The van der Waals surface area contributed by atoms with E-state index in [1.165, 1.54) is 101 Å². The molecule has 0 bridgehead atoms. The van der Waals surface area contributed by atoms with Gasteiger partial charge in [-0.15, -0.1) is 0 Å². The molecule has 1 aromatic rings. The number of aromatic nitrogens is 1. The fourth-order valence-electron chi connectivity index (χ4n) is 3.95. The van der Waals surface area contributed by atoms with E-state index in [0.717, 1.165) is 18.4 Å². The van der Waals surface area contributed by atoms with Gasteiger partial charge in [-0.1, -0.05) is 103 Å². The van der Waals surface area contributed by atoms with Crippen LogP contribution in [0.5, 0.6) is 11.8 Å². The second-order valence-corrected chi connectivity index (χ2v) is 8.28. The maximum absolute atomic E-state index is 10.1. The predicted octanol–water partition coefficient (Wildman–Crippen LogP) is 6.70. The van der Waals surface area contributed by atoms with Gasteiger partial charge in [-0.05, 0) is 12.8 Å². The van der Waals surface area contributed by atoms with Crippen LogP contribution in [0.15, 0.2) is 6.07 Å². The van der Waals surface area contributed by atoms with Crippen LogP contribution in [0.25, 0.3) is 0 Å². The molecule has 0 aliphatic carbocycles. The van der Waals surface area contributed by atoms with Crippen molar-refractivity contribution >= 4 is 0 Å². The molecule has 1 aromatic heterocycles.